The maximum Gasteiger partial charge on any atom is -0.0145 e. The lowest BCUT2D eigenvalue weighted by Crippen LogP contribution is -2.09. The molecule has 11 heavy (non-hydrogen) atoms. The van der Waals surface area contributed by atoms with Gasteiger partial charge in [-0.05, 0) is 30.1 Å². The van der Waals surface area contributed by atoms with Gasteiger partial charge in [-0.2, -0.15) is 0 Å². The fourth-order valence-corrected chi connectivity index (χ4v) is 2.21. The average Bonchev–Trinajstić information content (AvgIpc) is 2.28. The summed E-state index contributed by atoms with van der Waals surface area (Å²) in [6, 6.07) is 0. The van der Waals surface area contributed by atoms with Crippen LogP contribution in [-0.2, 0) is 0 Å². The molecule has 0 aliphatic heterocycles. The fourth-order valence-electron chi connectivity index (χ4n) is 2.21. The molecular formula is C11H18. The third kappa shape index (κ3) is 1.40. The molecule has 0 heteroatoms. The number of hydrogen-bond donors (Lipinski definition) is 0. The van der Waals surface area contributed by atoms with Crippen LogP contribution in [0.3, 0.4) is 0 Å². The zero-order valence-electron chi connectivity index (χ0n) is 7.59. The fraction of sp³-hybridized carbons (Fsp3) is 0.636. The van der Waals surface area contributed by atoms with E-state index in [0.29, 0.717) is 11.8 Å². The molecule has 1 saturated carbocycles. The van der Waals surface area contributed by atoms with Gasteiger partial charge in [0.2, 0.25) is 0 Å². The van der Waals surface area contributed by atoms with Crippen LogP contribution in [0.5, 0.6) is 0 Å². The van der Waals surface area contributed by atoms with E-state index in [1.54, 1.807) is 0 Å². The highest BCUT2D eigenvalue weighted by molar-refractivity contribution is 5.01. The first kappa shape index (κ1) is 8.58. The summed E-state index contributed by atoms with van der Waals surface area (Å²) in [7, 11) is 0. The SMILES string of the molecule is C=CC1CC(C)C(C)C1C=C. The van der Waals surface area contributed by atoms with Gasteiger partial charge in [-0.15, -0.1) is 13.2 Å². The third-order valence-corrected chi connectivity index (χ3v) is 3.22. The van der Waals surface area contributed by atoms with Gasteiger partial charge in [-0.3, -0.25) is 0 Å². The lowest BCUT2D eigenvalue weighted by molar-refractivity contribution is 0.397. The predicted octanol–water partition coefficient (Wildman–Crippen LogP) is 3.27. The van der Waals surface area contributed by atoms with Crippen molar-refractivity contribution in [1.82, 2.24) is 0 Å². The molecule has 0 heterocycles. The Kier molecular flexibility index (Phi) is 2.53. The lowest BCUT2D eigenvalue weighted by Gasteiger charge is -2.16. The zero-order valence-corrected chi connectivity index (χ0v) is 7.59. The molecule has 0 aromatic carbocycles. The Bertz CT molecular complexity index is 157. The van der Waals surface area contributed by atoms with Gasteiger partial charge in [0.1, 0.15) is 0 Å². The van der Waals surface area contributed by atoms with Crippen LogP contribution in [0.25, 0.3) is 0 Å². The molecule has 4 unspecified atom stereocenters. The molecule has 0 aromatic rings. The molecule has 0 saturated heterocycles. The Morgan fingerprint density at radius 3 is 2.18 bits per heavy atom. The normalized spacial score (nSPS) is 43.8. The van der Waals surface area contributed by atoms with Gasteiger partial charge in [0.05, 0.1) is 0 Å². The van der Waals surface area contributed by atoms with E-state index in [4.69, 9.17) is 0 Å². The molecule has 1 rings (SSSR count). The Labute approximate surface area is 70.0 Å². The van der Waals surface area contributed by atoms with E-state index in [-0.39, 0.29) is 0 Å². The van der Waals surface area contributed by atoms with E-state index in [1.165, 1.54) is 6.42 Å². The van der Waals surface area contributed by atoms with Crippen molar-refractivity contribution in [2.24, 2.45) is 23.7 Å². The van der Waals surface area contributed by atoms with E-state index in [1.807, 2.05) is 0 Å². The highest BCUT2D eigenvalue weighted by Gasteiger charge is 2.34. The van der Waals surface area contributed by atoms with Crippen LogP contribution in [0.2, 0.25) is 0 Å². The van der Waals surface area contributed by atoms with E-state index >= 15 is 0 Å². The summed E-state index contributed by atoms with van der Waals surface area (Å²) < 4.78 is 0. The van der Waals surface area contributed by atoms with Gasteiger partial charge in [-0.1, -0.05) is 26.0 Å². The Morgan fingerprint density at radius 2 is 1.82 bits per heavy atom. The molecule has 0 N–H and O–H groups in total. The van der Waals surface area contributed by atoms with Gasteiger partial charge in [0.25, 0.3) is 0 Å². The minimum atomic E-state index is 0.669. The van der Waals surface area contributed by atoms with Crippen molar-refractivity contribution in [2.75, 3.05) is 0 Å². The van der Waals surface area contributed by atoms with Crippen LogP contribution in [0, 0.1) is 23.7 Å². The molecule has 1 aliphatic carbocycles. The topological polar surface area (TPSA) is 0 Å². The quantitative estimate of drug-likeness (QED) is 0.530. The van der Waals surface area contributed by atoms with Gasteiger partial charge >= 0.3 is 0 Å². The summed E-state index contributed by atoms with van der Waals surface area (Å²) in [5.41, 5.74) is 0. The zero-order chi connectivity index (χ0) is 8.43. The lowest BCUT2D eigenvalue weighted by atomic mass is 9.89. The van der Waals surface area contributed by atoms with Crippen LogP contribution in [0.4, 0.5) is 0 Å². The van der Waals surface area contributed by atoms with Gasteiger partial charge in [0.15, 0.2) is 0 Å². The maximum atomic E-state index is 3.88. The molecule has 1 fully saturated rings. The molecule has 0 spiro atoms. The van der Waals surface area contributed by atoms with Gasteiger partial charge < -0.3 is 0 Å². The molecule has 0 amide bonds. The van der Waals surface area contributed by atoms with Crippen molar-refractivity contribution in [2.45, 2.75) is 20.3 Å². The van der Waals surface area contributed by atoms with E-state index in [2.05, 4.69) is 39.2 Å². The summed E-state index contributed by atoms with van der Waals surface area (Å²) >= 11 is 0. The molecule has 1 aliphatic rings. The summed E-state index contributed by atoms with van der Waals surface area (Å²) in [5, 5.41) is 0. The van der Waals surface area contributed by atoms with Crippen LogP contribution < -0.4 is 0 Å². The Balaban J connectivity index is 2.71. The van der Waals surface area contributed by atoms with Crippen molar-refractivity contribution < 1.29 is 0 Å². The molecule has 0 nitrogen and oxygen atoms in total. The molecule has 4 atom stereocenters. The molecule has 0 aromatic heterocycles. The number of allylic oxidation sites excluding steroid dienone is 2. The van der Waals surface area contributed by atoms with Crippen LogP contribution in [0.1, 0.15) is 20.3 Å². The van der Waals surface area contributed by atoms with Crippen molar-refractivity contribution in [3.05, 3.63) is 25.3 Å². The van der Waals surface area contributed by atoms with Crippen LogP contribution >= 0.6 is 0 Å². The second-order valence-electron chi connectivity index (χ2n) is 3.78. The van der Waals surface area contributed by atoms with Gasteiger partial charge in [0, 0.05) is 0 Å². The summed E-state index contributed by atoms with van der Waals surface area (Å²) in [6.07, 6.45) is 5.48. The van der Waals surface area contributed by atoms with Crippen molar-refractivity contribution in [1.29, 1.82) is 0 Å². The maximum absolute atomic E-state index is 3.88. The minimum absolute atomic E-state index is 0.669. The van der Waals surface area contributed by atoms with Crippen molar-refractivity contribution >= 4 is 0 Å². The minimum Gasteiger partial charge on any atom is -0.103 e. The molecule has 62 valence electrons. The molecule has 0 radical (unpaired) electrons. The number of rotatable bonds is 2. The van der Waals surface area contributed by atoms with Crippen LogP contribution in [0.15, 0.2) is 25.3 Å². The molecular weight excluding hydrogens is 132 g/mol. The van der Waals surface area contributed by atoms with E-state index < -0.39 is 0 Å². The third-order valence-electron chi connectivity index (χ3n) is 3.22. The second-order valence-corrected chi connectivity index (χ2v) is 3.78. The highest BCUT2D eigenvalue weighted by atomic mass is 14.4. The Hall–Kier alpha value is -0.520. The number of hydrogen-bond acceptors (Lipinski definition) is 0. The highest BCUT2D eigenvalue weighted by Crippen LogP contribution is 2.42. The summed E-state index contributed by atoms with van der Waals surface area (Å²) in [4.78, 5) is 0. The van der Waals surface area contributed by atoms with Crippen molar-refractivity contribution in [3.63, 3.8) is 0 Å². The first-order valence-corrected chi connectivity index (χ1v) is 4.45. The van der Waals surface area contributed by atoms with E-state index in [9.17, 15) is 0 Å². The van der Waals surface area contributed by atoms with E-state index in [0.717, 1.165) is 11.8 Å². The summed E-state index contributed by atoms with van der Waals surface area (Å²) in [5.74, 6) is 2.97. The first-order chi connectivity index (χ1) is 5.20. The standard InChI is InChI=1S/C11H18/c1-5-10-7-8(3)9(4)11(10)6-2/h5-6,8-11H,1-2,7H2,3-4H3. The first-order valence-electron chi connectivity index (χ1n) is 4.45. The monoisotopic (exact) mass is 150 g/mol. The van der Waals surface area contributed by atoms with Gasteiger partial charge in [-0.25, -0.2) is 0 Å². The second kappa shape index (κ2) is 3.25. The summed E-state index contributed by atoms with van der Waals surface area (Å²) in [6.45, 7) is 12.4. The smallest absolute Gasteiger partial charge is 0.0145 e. The molecule has 0 bridgehead atoms. The average molecular weight is 150 g/mol. The van der Waals surface area contributed by atoms with Crippen molar-refractivity contribution in [3.8, 4) is 0 Å². The van der Waals surface area contributed by atoms with Crippen LogP contribution in [-0.4, -0.2) is 0 Å². The predicted molar refractivity (Wildman–Crippen MR) is 50.3 cm³/mol. The largest absolute Gasteiger partial charge is 0.103 e. The Morgan fingerprint density at radius 1 is 1.18 bits per heavy atom.